The molecule has 34 heavy (non-hydrogen) atoms. The number of hydrogen-bond acceptors (Lipinski definition) is 7. The van der Waals surface area contributed by atoms with E-state index in [-0.39, 0.29) is 18.1 Å². The molecule has 0 saturated carbocycles. The number of aryl methyl sites for hydroxylation is 1. The molecule has 3 aromatic rings. The summed E-state index contributed by atoms with van der Waals surface area (Å²) < 4.78 is 13.1. The second-order valence-electron chi connectivity index (χ2n) is 8.42. The van der Waals surface area contributed by atoms with Crippen LogP contribution in [0.3, 0.4) is 0 Å². The second-order valence-corrected chi connectivity index (χ2v) is 10.4. The molecule has 2 aromatic heterocycles. The van der Waals surface area contributed by atoms with Crippen LogP contribution in [-0.2, 0) is 9.53 Å². The SMILES string of the molecule is CCOC(=O)C1=C(C)N=c2s/c(=C/c3cc(C(C)C)c(OC)cc3C)c(=O)n2[C@H]1c1cccs1. The number of ether oxygens (including phenoxy) is 2. The molecule has 0 N–H and O–H groups in total. The number of allylic oxidation sites excluding steroid dienone is 1. The number of methoxy groups -OCH3 is 1. The van der Waals surface area contributed by atoms with Crippen molar-refractivity contribution in [2.45, 2.75) is 46.6 Å². The normalized spacial score (nSPS) is 16.0. The first kappa shape index (κ1) is 24.2. The zero-order chi connectivity index (χ0) is 24.6. The van der Waals surface area contributed by atoms with Crippen molar-refractivity contribution in [1.29, 1.82) is 0 Å². The monoisotopic (exact) mass is 496 g/mol. The first-order valence-electron chi connectivity index (χ1n) is 11.2. The van der Waals surface area contributed by atoms with Crippen LogP contribution in [0, 0.1) is 6.92 Å². The highest BCUT2D eigenvalue weighted by molar-refractivity contribution is 7.10. The number of thiazole rings is 1. The van der Waals surface area contributed by atoms with Gasteiger partial charge in [-0.15, -0.1) is 11.3 Å². The number of nitrogens with zero attached hydrogens (tertiary/aromatic N) is 2. The van der Waals surface area contributed by atoms with E-state index in [0.29, 0.717) is 20.6 Å². The Bertz CT molecular complexity index is 1440. The van der Waals surface area contributed by atoms with E-state index in [9.17, 15) is 9.59 Å². The Morgan fingerprint density at radius 1 is 1.29 bits per heavy atom. The van der Waals surface area contributed by atoms with Gasteiger partial charge < -0.3 is 9.47 Å². The Morgan fingerprint density at radius 3 is 2.68 bits per heavy atom. The molecule has 0 unspecified atom stereocenters. The number of carbonyl (C=O) groups is 1. The van der Waals surface area contributed by atoms with Crippen molar-refractivity contribution in [2.24, 2.45) is 4.99 Å². The Labute approximate surface area is 206 Å². The van der Waals surface area contributed by atoms with Gasteiger partial charge >= 0.3 is 5.97 Å². The maximum Gasteiger partial charge on any atom is 0.338 e. The van der Waals surface area contributed by atoms with Crippen molar-refractivity contribution >= 4 is 34.7 Å². The Kier molecular flexibility index (Phi) is 6.91. The third kappa shape index (κ3) is 4.28. The number of hydrogen-bond donors (Lipinski definition) is 0. The van der Waals surface area contributed by atoms with Crippen LogP contribution in [-0.4, -0.2) is 24.3 Å². The lowest BCUT2D eigenvalue weighted by Crippen LogP contribution is -2.39. The summed E-state index contributed by atoms with van der Waals surface area (Å²) in [6.45, 7) is 10.1. The van der Waals surface area contributed by atoms with Gasteiger partial charge in [0.25, 0.3) is 5.56 Å². The van der Waals surface area contributed by atoms with Crippen molar-refractivity contribution in [3.63, 3.8) is 0 Å². The van der Waals surface area contributed by atoms with Crippen molar-refractivity contribution in [2.75, 3.05) is 13.7 Å². The average Bonchev–Trinajstić information content (AvgIpc) is 3.42. The molecule has 178 valence electrons. The molecular weight excluding hydrogens is 468 g/mol. The smallest absolute Gasteiger partial charge is 0.338 e. The summed E-state index contributed by atoms with van der Waals surface area (Å²) >= 11 is 2.84. The van der Waals surface area contributed by atoms with Gasteiger partial charge in [0.2, 0.25) is 0 Å². The lowest BCUT2D eigenvalue weighted by Gasteiger charge is -2.23. The minimum absolute atomic E-state index is 0.169. The van der Waals surface area contributed by atoms with E-state index in [1.54, 1.807) is 25.5 Å². The molecule has 0 bridgehead atoms. The summed E-state index contributed by atoms with van der Waals surface area (Å²) in [5, 5.41) is 1.94. The van der Waals surface area contributed by atoms with E-state index in [0.717, 1.165) is 27.3 Å². The highest BCUT2D eigenvalue weighted by atomic mass is 32.1. The summed E-state index contributed by atoms with van der Waals surface area (Å²) in [6, 6.07) is 7.40. The summed E-state index contributed by atoms with van der Waals surface area (Å²) in [6.07, 6.45) is 1.92. The molecule has 1 aliphatic rings. The van der Waals surface area contributed by atoms with Gasteiger partial charge in [0, 0.05) is 4.88 Å². The third-order valence-corrected chi connectivity index (χ3v) is 7.76. The first-order chi connectivity index (χ1) is 16.3. The van der Waals surface area contributed by atoms with Crippen molar-refractivity contribution in [1.82, 2.24) is 4.57 Å². The topological polar surface area (TPSA) is 69.9 Å². The van der Waals surface area contributed by atoms with E-state index in [2.05, 4.69) is 24.9 Å². The summed E-state index contributed by atoms with van der Waals surface area (Å²) in [7, 11) is 1.67. The average molecular weight is 497 g/mol. The highest BCUT2D eigenvalue weighted by Gasteiger charge is 2.33. The minimum atomic E-state index is -0.555. The molecule has 1 aliphatic heterocycles. The highest BCUT2D eigenvalue weighted by Crippen LogP contribution is 2.33. The van der Waals surface area contributed by atoms with Crippen LogP contribution in [0.1, 0.15) is 61.2 Å². The van der Waals surface area contributed by atoms with E-state index in [4.69, 9.17) is 9.47 Å². The van der Waals surface area contributed by atoms with Crippen LogP contribution in [0.5, 0.6) is 5.75 Å². The quantitative estimate of drug-likeness (QED) is 0.477. The molecule has 6 nitrogen and oxygen atoms in total. The summed E-state index contributed by atoms with van der Waals surface area (Å²) in [5.41, 5.74) is 3.88. The molecule has 0 radical (unpaired) electrons. The van der Waals surface area contributed by atoms with Gasteiger partial charge in [-0.1, -0.05) is 31.3 Å². The second kappa shape index (κ2) is 9.72. The van der Waals surface area contributed by atoms with Gasteiger partial charge in [-0.3, -0.25) is 9.36 Å². The molecule has 0 amide bonds. The number of esters is 1. The van der Waals surface area contributed by atoms with E-state index in [1.165, 1.54) is 22.7 Å². The fourth-order valence-electron chi connectivity index (χ4n) is 4.15. The minimum Gasteiger partial charge on any atom is -0.496 e. The van der Waals surface area contributed by atoms with Gasteiger partial charge in [0.1, 0.15) is 11.8 Å². The van der Waals surface area contributed by atoms with Gasteiger partial charge in [0.15, 0.2) is 4.80 Å². The Morgan fingerprint density at radius 2 is 2.06 bits per heavy atom. The van der Waals surface area contributed by atoms with Crippen LogP contribution in [0.4, 0.5) is 0 Å². The maximum absolute atomic E-state index is 13.7. The fourth-order valence-corrected chi connectivity index (χ4v) is 6.01. The zero-order valence-electron chi connectivity index (χ0n) is 20.2. The van der Waals surface area contributed by atoms with Gasteiger partial charge in [-0.05, 0) is 73.0 Å². The molecule has 0 aliphatic carbocycles. The standard InChI is InChI=1S/C26H28N2O4S2/c1-7-32-25(30)22-16(5)27-26-28(23(22)20-9-8-10-33-20)24(29)21(34-26)13-17-12-18(14(2)3)19(31-6)11-15(17)4/h8-14,23H,7H2,1-6H3/b21-13+/t23-/m0/s1. The van der Waals surface area contributed by atoms with E-state index in [1.807, 2.05) is 36.6 Å². The number of aromatic nitrogens is 1. The zero-order valence-corrected chi connectivity index (χ0v) is 21.8. The number of carbonyl (C=O) groups excluding carboxylic acids is 1. The number of thiophene rings is 1. The molecule has 0 fully saturated rings. The molecule has 0 spiro atoms. The maximum atomic E-state index is 13.7. The van der Waals surface area contributed by atoms with Crippen LogP contribution in [0.2, 0.25) is 0 Å². The molecule has 3 heterocycles. The number of fused-ring (bicyclic) bond motifs is 1. The molecule has 1 aromatic carbocycles. The van der Waals surface area contributed by atoms with Gasteiger partial charge in [0.05, 0.1) is 29.5 Å². The predicted octanol–water partition coefficient (Wildman–Crippen LogP) is 4.30. The number of benzene rings is 1. The van der Waals surface area contributed by atoms with Crippen LogP contribution in [0.25, 0.3) is 6.08 Å². The first-order valence-corrected chi connectivity index (χ1v) is 12.9. The molecule has 1 atom stereocenters. The van der Waals surface area contributed by atoms with Crippen molar-refractivity contribution in [3.05, 3.63) is 82.2 Å². The largest absolute Gasteiger partial charge is 0.496 e. The molecule has 4 rings (SSSR count). The predicted molar refractivity (Wildman–Crippen MR) is 137 cm³/mol. The molecule has 8 heteroatoms. The van der Waals surface area contributed by atoms with E-state index >= 15 is 0 Å². The fraction of sp³-hybridized carbons (Fsp3) is 0.346. The Balaban J connectivity index is 1.94. The van der Waals surface area contributed by atoms with Gasteiger partial charge in [-0.2, -0.15) is 0 Å². The molecule has 0 saturated heterocycles. The summed E-state index contributed by atoms with van der Waals surface area (Å²) in [4.78, 5) is 32.7. The van der Waals surface area contributed by atoms with Crippen molar-refractivity contribution in [3.8, 4) is 5.75 Å². The lowest BCUT2D eigenvalue weighted by atomic mass is 9.96. The number of rotatable bonds is 6. The van der Waals surface area contributed by atoms with Gasteiger partial charge in [-0.25, -0.2) is 9.79 Å². The van der Waals surface area contributed by atoms with Crippen LogP contribution >= 0.6 is 22.7 Å². The summed E-state index contributed by atoms with van der Waals surface area (Å²) in [5.74, 6) is 0.681. The van der Waals surface area contributed by atoms with Crippen molar-refractivity contribution < 1.29 is 14.3 Å². The van der Waals surface area contributed by atoms with E-state index < -0.39 is 12.0 Å². The molecular formula is C26H28N2O4S2. The van der Waals surface area contributed by atoms with Crippen LogP contribution < -0.4 is 19.6 Å². The van der Waals surface area contributed by atoms with Crippen LogP contribution in [0.15, 0.2) is 50.7 Å². The third-order valence-electron chi connectivity index (χ3n) is 5.86. The Hall–Kier alpha value is -2.97. The lowest BCUT2D eigenvalue weighted by molar-refractivity contribution is -0.139.